The third kappa shape index (κ3) is 3.30. The summed E-state index contributed by atoms with van der Waals surface area (Å²) in [5.74, 6) is 0.715. The summed E-state index contributed by atoms with van der Waals surface area (Å²) in [5, 5.41) is 3.32. The zero-order valence-electron chi connectivity index (χ0n) is 14.7. The average molecular weight is 341 g/mol. The van der Waals surface area contributed by atoms with E-state index in [2.05, 4.69) is 17.4 Å². The Bertz CT molecular complexity index is 646. The second kappa shape index (κ2) is 7.16. The number of likely N-dealkylation sites (tertiary alicyclic amines) is 1. The minimum atomic E-state index is 0.0553. The second-order valence-corrected chi connectivity index (χ2v) is 7.51. The monoisotopic (exact) mass is 341 g/mol. The molecule has 0 radical (unpaired) electrons. The van der Waals surface area contributed by atoms with E-state index in [1.54, 1.807) is 0 Å². The van der Waals surface area contributed by atoms with Crippen LogP contribution in [0.5, 0.6) is 0 Å². The maximum atomic E-state index is 13.0. The standard InChI is InChI=1S/C20H27N3O2/c24-19(17-5-3-10-21-14-17)22-11-7-16(8-12-22)20(25)23-13-9-15-4-1-2-6-18(15)23/h1-2,4,6,16-17,21H,3,5,7-14H2. The lowest BCUT2D eigenvalue weighted by Gasteiger charge is -2.36. The first-order chi connectivity index (χ1) is 12.2. The highest BCUT2D eigenvalue weighted by Crippen LogP contribution is 2.31. The molecule has 1 aromatic rings. The Morgan fingerprint density at radius 3 is 2.52 bits per heavy atom. The molecule has 1 aromatic carbocycles. The minimum Gasteiger partial charge on any atom is -0.342 e. The molecule has 0 aromatic heterocycles. The summed E-state index contributed by atoms with van der Waals surface area (Å²) in [6, 6.07) is 8.21. The molecule has 0 saturated carbocycles. The van der Waals surface area contributed by atoms with Gasteiger partial charge in [0.2, 0.25) is 11.8 Å². The number of carbonyl (C=O) groups is 2. The highest BCUT2D eigenvalue weighted by atomic mass is 16.2. The van der Waals surface area contributed by atoms with Crippen molar-refractivity contribution in [3.8, 4) is 0 Å². The fraction of sp³-hybridized carbons (Fsp3) is 0.600. The van der Waals surface area contributed by atoms with Crippen molar-refractivity contribution in [2.75, 3.05) is 37.6 Å². The van der Waals surface area contributed by atoms with E-state index in [9.17, 15) is 9.59 Å². The van der Waals surface area contributed by atoms with E-state index in [0.717, 1.165) is 70.5 Å². The molecule has 3 aliphatic rings. The van der Waals surface area contributed by atoms with Crippen LogP contribution < -0.4 is 10.2 Å². The van der Waals surface area contributed by atoms with E-state index in [-0.39, 0.29) is 23.7 Å². The van der Waals surface area contributed by atoms with Crippen molar-refractivity contribution in [2.24, 2.45) is 11.8 Å². The van der Waals surface area contributed by atoms with Crippen LogP contribution in [0.1, 0.15) is 31.2 Å². The minimum absolute atomic E-state index is 0.0553. The highest BCUT2D eigenvalue weighted by Gasteiger charge is 2.34. The number of carbonyl (C=O) groups excluding carboxylic acids is 2. The van der Waals surface area contributed by atoms with Gasteiger partial charge in [0.05, 0.1) is 5.92 Å². The first-order valence-electron chi connectivity index (χ1n) is 9.63. The van der Waals surface area contributed by atoms with Crippen LogP contribution in [0, 0.1) is 11.8 Å². The number of para-hydroxylation sites is 1. The number of hydrogen-bond donors (Lipinski definition) is 1. The molecule has 0 bridgehead atoms. The summed E-state index contributed by atoms with van der Waals surface area (Å²) in [7, 11) is 0. The Kier molecular flexibility index (Phi) is 4.75. The van der Waals surface area contributed by atoms with Gasteiger partial charge in [-0.1, -0.05) is 18.2 Å². The first kappa shape index (κ1) is 16.6. The number of nitrogens with one attached hydrogen (secondary N) is 1. The van der Waals surface area contributed by atoms with Gasteiger partial charge in [-0.25, -0.2) is 0 Å². The lowest BCUT2D eigenvalue weighted by atomic mass is 9.92. The first-order valence-corrected chi connectivity index (χ1v) is 9.63. The van der Waals surface area contributed by atoms with Gasteiger partial charge < -0.3 is 15.1 Å². The van der Waals surface area contributed by atoms with Crippen molar-refractivity contribution in [3.05, 3.63) is 29.8 Å². The van der Waals surface area contributed by atoms with Crippen LogP contribution in [0.3, 0.4) is 0 Å². The fourth-order valence-corrected chi connectivity index (χ4v) is 4.46. The number of anilines is 1. The summed E-state index contributed by atoms with van der Waals surface area (Å²) in [5.41, 5.74) is 2.35. The van der Waals surface area contributed by atoms with Gasteiger partial charge in [0, 0.05) is 37.8 Å². The lowest BCUT2D eigenvalue weighted by Crippen LogP contribution is -2.48. The summed E-state index contributed by atoms with van der Waals surface area (Å²) in [4.78, 5) is 29.5. The smallest absolute Gasteiger partial charge is 0.230 e. The van der Waals surface area contributed by atoms with E-state index < -0.39 is 0 Å². The highest BCUT2D eigenvalue weighted by molar-refractivity contribution is 5.97. The Morgan fingerprint density at radius 1 is 0.960 bits per heavy atom. The zero-order valence-corrected chi connectivity index (χ0v) is 14.7. The Morgan fingerprint density at radius 2 is 1.76 bits per heavy atom. The molecule has 1 unspecified atom stereocenters. The van der Waals surface area contributed by atoms with Gasteiger partial charge in [-0.2, -0.15) is 0 Å². The quantitative estimate of drug-likeness (QED) is 0.893. The second-order valence-electron chi connectivity index (χ2n) is 7.51. The number of hydrogen-bond acceptors (Lipinski definition) is 3. The molecular formula is C20H27N3O2. The summed E-state index contributed by atoms with van der Waals surface area (Å²) >= 11 is 0. The Balaban J connectivity index is 1.34. The number of piperidine rings is 2. The van der Waals surface area contributed by atoms with Crippen LogP contribution in [0.2, 0.25) is 0 Å². The normalized spacial score (nSPS) is 24.2. The van der Waals surface area contributed by atoms with Gasteiger partial charge in [-0.05, 0) is 50.3 Å². The molecule has 0 spiro atoms. The molecule has 2 saturated heterocycles. The zero-order chi connectivity index (χ0) is 17.2. The lowest BCUT2D eigenvalue weighted by molar-refractivity contribution is -0.139. The number of amides is 2. The predicted octanol–water partition coefficient (Wildman–Crippen LogP) is 1.81. The van der Waals surface area contributed by atoms with Crippen molar-refractivity contribution in [2.45, 2.75) is 32.1 Å². The van der Waals surface area contributed by atoms with Gasteiger partial charge in [0.15, 0.2) is 0 Å². The number of rotatable bonds is 2. The third-order valence-electron chi connectivity index (χ3n) is 5.96. The van der Waals surface area contributed by atoms with Crippen LogP contribution in [0.4, 0.5) is 5.69 Å². The largest absolute Gasteiger partial charge is 0.342 e. The van der Waals surface area contributed by atoms with E-state index in [1.165, 1.54) is 5.56 Å². The van der Waals surface area contributed by atoms with Crippen LogP contribution in [-0.2, 0) is 16.0 Å². The molecule has 1 atom stereocenters. The molecule has 25 heavy (non-hydrogen) atoms. The Labute approximate surface area is 149 Å². The van der Waals surface area contributed by atoms with Crippen LogP contribution in [0.15, 0.2) is 24.3 Å². The summed E-state index contributed by atoms with van der Waals surface area (Å²) in [6.07, 6.45) is 4.62. The molecular weight excluding hydrogens is 314 g/mol. The molecule has 134 valence electrons. The van der Waals surface area contributed by atoms with Crippen LogP contribution >= 0.6 is 0 Å². The molecule has 0 aliphatic carbocycles. The van der Waals surface area contributed by atoms with Gasteiger partial charge >= 0.3 is 0 Å². The van der Waals surface area contributed by atoms with Crippen molar-refractivity contribution in [1.82, 2.24) is 10.2 Å². The van der Waals surface area contributed by atoms with E-state index in [1.807, 2.05) is 21.9 Å². The fourth-order valence-electron chi connectivity index (χ4n) is 4.46. The van der Waals surface area contributed by atoms with Crippen molar-refractivity contribution < 1.29 is 9.59 Å². The van der Waals surface area contributed by atoms with Crippen molar-refractivity contribution in [3.63, 3.8) is 0 Å². The molecule has 3 aliphatic heterocycles. The van der Waals surface area contributed by atoms with Crippen LogP contribution in [-0.4, -0.2) is 49.4 Å². The van der Waals surface area contributed by atoms with Gasteiger partial charge in [-0.15, -0.1) is 0 Å². The molecule has 1 N–H and O–H groups in total. The molecule has 4 rings (SSSR count). The summed E-state index contributed by atoms with van der Waals surface area (Å²) in [6.45, 7) is 4.08. The van der Waals surface area contributed by atoms with Gasteiger partial charge in [0.1, 0.15) is 0 Å². The maximum Gasteiger partial charge on any atom is 0.230 e. The summed E-state index contributed by atoms with van der Waals surface area (Å²) < 4.78 is 0. The molecule has 2 amide bonds. The average Bonchev–Trinajstić information content (AvgIpc) is 3.12. The predicted molar refractivity (Wildman–Crippen MR) is 97.4 cm³/mol. The van der Waals surface area contributed by atoms with E-state index in [0.29, 0.717) is 0 Å². The molecule has 5 heteroatoms. The van der Waals surface area contributed by atoms with Gasteiger partial charge in [0.25, 0.3) is 0 Å². The van der Waals surface area contributed by atoms with E-state index in [4.69, 9.17) is 0 Å². The molecule has 2 fully saturated rings. The van der Waals surface area contributed by atoms with Crippen molar-refractivity contribution in [1.29, 1.82) is 0 Å². The number of fused-ring (bicyclic) bond motifs is 1. The van der Waals surface area contributed by atoms with Crippen LogP contribution in [0.25, 0.3) is 0 Å². The topological polar surface area (TPSA) is 52.7 Å². The van der Waals surface area contributed by atoms with Gasteiger partial charge in [-0.3, -0.25) is 9.59 Å². The van der Waals surface area contributed by atoms with Crippen molar-refractivity contribution >= 4 is 17.5 Å². The SMILES string of the molecule is O=C(C1CCCNC1)N1CCC(C(=O)N2CCc3ccccc32)CC1. The van der Waals surface area contributed by atoms with E-state index >= 15 is 0 Å². The molecule has 5 nitrogen and oxygen atoms in total. The Hall–Kier alpha value is -1.88. The molecule has 3 heterocycles. The number of benzene rings is 1. The third-order valence-corrected chi connectivity index (χ3v) is 5.96. The number of nitrogens with zero attached hydrogens (tertiary/aromatic N) is 2. The maximum absolute atomic E-state index is 13.0.